The average Bonchev–Trinajstić information content (AvgIpc) is 3.69. The molecule has 9 heteroatoms. The number of hydrogen-bond acceptors (Lipinski definition) is 7. The molecule has 0 aliphatic heterocycles. The minimum atomic E-state index is -0.365. The normalized spacial score (nSPS) is 14.2. The Morgan fingerprint density at radius 2 is 1.94 bits per heavy atom. The first-order valence-electron chi connectivity index (χ1n) is 10.8. The summed E-state index contributed by atoms with van der Waals surface area (Å²) in [5.74, 6) is 1.34. The van der Waals surface area contributed by atoms with Crippen LogP contribution in [0.25, 0.3) is 10.9 Å². The Morgan fingerprint density at radius 3 is 2.64 bits per heavy atom. The van der Waals surface area contributed by atoms with Crippen LogP contribution in [0.5, 0.6) is 0 Å². The molecule has 0 bridgehead atoms. The second kappa shape index (κ2) is 8.82. The van der Waals surface area contributed by atoms with Crippen molar-refractivity contribution in [3.05, 3.63) is 82.1 Å². The lowest BCUT2D eigenvalue weighted by Gasteiger charge is -2.28. The number of anilines is 1. The van der Waals surface area contributed by atoms with E-state index in [1.54, 1.807) is 35.5 Å². The number of halogens is 1. The summed E-state index contributed by atoms with van der Waals surface area (Å²) in [5.41, 5.74) is 8.88. The molecule has 0 saturated heterocycles. The number of amides is 1. The SMILES string of the molecule is CC(c1ncccn1)N(Cc1ccc(C2CC2)nn1)C(=O)c1ccc2nc(N)c(Br)cc2c1. The number of hydrogen-bond donors (Lipinski definition) is 1. The number of benzene rings is 1. The molecule has 0 radical (unpaired) electrons. The molecule has 8 nitrogen and oxygen atoms in total. The minimum absolute atomic E-state index is 0.155. The molecule has 166 valence electrons. The monoisotopic (exact) mass is 503 g/mol. The van der Waals surface area contributed by atoms with Crippen molar-refractivity contribution in [2.24, 2.45) is 0 Å². The highest BCUT2D eigenvalue weighted by atomic mass is 79.9. The third-order valence-electron chi connectivity index (χ3n) is 5.80. The molecule has 1 aliphatic carbocycles. The van der Waals surface area contributed by atoms with Gasteiger partial charge in [0.05, 0.1) is 34.0 Å². The second-order valence-electron chi connectivity index (χ2n) is 8.20. The van der Waals surface area contributed by atoms with Crippen LogP contribution in [-0.2, 0) is 6.54 Å². The quantitative estimate of drug-likeness (QED) is 0.413. The van der Waals surface area contributed by atoms with Crippen molar-refractivity contribution in [3.63, 3.8) is 0 Å². The van der Waals surface area contributed by atoms with Crippen LogP contribution in [0, 0.1) is 0 Å². The van der Waals surface area contributed by atoms with Gasteiger partial charge in [0.15, 0.2) is 0 Å². The minimum Gasteiger partial charge on any atom is -0.383 e. The van der Waals surface area contributed by atoms with Gasteiger partial charge in [-0.3, -0.25) is 4.79 Å². The van der Waals surface area contributed by atoms with Crippen molar-refractivity contribution in [1.29, 1.82) is 0 Å². The van der Waals surface area contributed by atoms with E-state index in [1.807, 2.05) is 31.2 Å². The molecular formula is C24H22BrN7O. The summed E-state index contributed by atoms with van der Waals surface area (Å²) in [6.45, 7) is 2.21. The van der Waals surface area contributed by atoms with Crippen molar-refractivity contribution >= 4 is 38.6 Å². The van der Waals surface area contributed by atoms with Crippen molar-refractivity contribution in [1.82, 2.24) is 30.0 Å². The third-order valence-corrected chi connectivity index (χ3v) is 6.43. The molecule has 2 N–H and O–H groups in total. The highest BCUT2D eigenvalue weighted by Crippen LogP contribution is 2.38. The predicted molar refractivity (Wildman–Crippen MR) is 128 cm³/mol. The molecule has 1 aromatic carbocycles. The van der Waals surface area contributed by atoms with Crippen molar-refractivity contribution in [2.75, 3.05) is 5.73 Å². The molecule has 5 rings (SSSR count). The Balaban J connectivity index is 1.49. The number of nitrogen functional groups attached to an aromatic ring is 1. The topological polar surface area (TPSA) is 111 Å². The highest BCUT2D eigenvalue weighted by molar-refractivity contribution is 9.10. The number of rotatable bonds is 6. The van der Waals surface area contributed by atoms with Gasteiger partial charge >= 0.3 is 0 Å². The van der Waals surface area contributed by atoms with Crippen LogP contribution in [0.2, 0.25) is 0 Å². The van der Waals surface area contributed by atoms with Gasteiger partial charge in [0.1, 0.15) is 11.6 Å². The van der Waals surface area contributed by atoms with Crippen LogP contribution in [0.1, 0.15) is 59.3 Å². The van der Waals surface area contributed by atoms with Gasteiger partial charge in [-0.1, -0.05) is 0 Å². The van der Waals surface area contributed by atoms with Crippen LogP contribution in [0.3, 0.4) is 0 Å². The van der Waals surface area contributed by atoms with E-state index in [9.17, 15) is 4.79 Å². The van der Waals surface area contributed by atoms with E-state index in [2.05, 4.69) is 41.1 Å². The molecular weight excluding hydrogens is 482 g/mol. The van der Waals surface area contributed by atoms with Crippen LogP contribution in [0.15, 0.2) is 59.3 Å². The summed E-state index contributed by atoms with van der Waals surface area (Å²) < 4.78 is 0.688. The lowest BCUT2D eigenvalue weighted by Crippen LogP contribution is -2.34. The van der Waals surface area contributed by atoms with E-state index < -0.39 is 0 Å². The number of carbonyl (C=O) groups is 1. The van der Waals surface area contributed by atoms with Crippen molar-refractivity contribution in [3.8, 4) is 0 Å². The molecule has 1 saturated carbocycles. The number of pyridine rings is 1. The largest absolute Gasteiger partial charge is 0.383 e. The van der Waals surface area contributed by atoms with Gasteiger partial charge in [0, 0.05) is 29.3 Å². The summed E-state index contributed by atoms with van der Waals surface area (Å²) in [5, 5.41) is 9.58. The van der Waals surface area contributed by atoms with Gasteiger partial charge in [0.25, 0.3) is 5.91 Å². The average molecular weight is 504 g/mol. The molecule has 4 aromatic rings. The van der Waals surface area contributed by atoms with E-state index in [-0.39, 0.29) is 18.5 Å². The molecule has 3 heterocycles. The molecule has 1 atom stereocenters. The Morgan fingerprint density at radius 1 is 1.15 bits per heavy atom. The molecule has 1 unspecified atom stereocenters. The smallest absolute Gasteiger partial charge is 0.254 e. The van der Waals surface area contributed by atoms with Gasteiger partial charge in [-0.15, -0.1) is 0 Å². The third kappa shape index (κ3) is 4.54. The zero-order chi connectivity index (χ0) is 22.9. The fourth-order valence-corrected chi connectivity index (χ4v) is 4.08. The maximum Gasteiger partial charge on any atom is 0.254 e. The lowest BCUT2D eigenvalue weighted by atomic mass is 10.1. The first kappa shape index (κ1) is 21.4. The van der Waals surface area contributed by atoms with E-state index in [0.29, 0.717) is 33.3 Å². The van der Waals surface area contributed by atoms with E-state index >= 15 is 0 Å². The Labute approximate surface area is 199 Å². The Hall–Kier alpha value is -3.46. The number of carbonyl (C=O) groups excluding carboxylic acids is 1. The molecule has 33 heavy (non-hydrogen) atoms. The molecule has 1 fully saturated rings. The summed E-state index contributed by atoms with van der Waals surface area (Å²) >= 11 is 3.41. The highest BCUT2D eigenvalue weighted by Gasteiger charge is 2.27. The Kier molecular flexibility index (Phi) is 5.72. The number of nitrogens with zero attached hydrogens (tertiary/aromatic N) is 6. The summed E-state index contributed by atoms with van der Waals surface area (Å²) in [7, 11) is 0. The Bertz CT molecular complexity index is 1310. The zero-order valence-electron chi connectivity index (χ0n) is 18.0. The summed E-state index contributed by atoms with van der Waals surface area (Å²) in [4.78, 5) is 28.5. The van der Waals surface area contributed by atoms with E-state index in [1.165, 1.54) is 12.8 Å². The number of aromatic nitrogens is 5. The predicted octanol–water partition coefficient (Wildman–Crippen LogP) is 4.44. The van der Waals surface area contributed by atoms with Crippen molar-refractivity contribution < 1.29 is 4.79 Å². The summed E-state index contributed by atoms with van der Waals surface area (Å²) in [6, 6.07) is 12.6. The van der Waals surface area contributed by atoms with E-state index in [0.717, 1.165) is 16.6 Å². The second-order valence-corrected chi connectivity index (χ2v) is 9.06. The zero-order valence-corrected chi connectivity index (χ0v) is 19.6. The first-order chi connectivity index (χ1) is 16.0. The fourth-order valence-electron chi connectivity index (χ4n) is 3.74. The summed E-state index contributed by atoms with van der Waals surface area (Å²) in [6.07, 6.45) is 5.68. The van der Waals surface area contributed by atoms with Gasteiger partial charge < -0.3 is 10.6 Å². The van der Waals surface area contributed by atoms with Gasteiger partial charge in [-0.05, 0) is 78.2 Å². The molecule has 1 amide bonds. The van der Waals surface area contributed by atoms with Gasteiger partial charge in [-0.2, -0.15) is 10.2 Å². The standard InChI is InChI=1S/C24H22BrN7O/c1-14(23-27-9-2-10-28-23)32(13-18-6-8-21(31-30-18)15-3-4-15)24(33)16-5-7-20-17(11-16)12-19(25)22(26)29-20/h2,5-12,14-15H,3-4,13H2,1H3,(H2,26,29). The van der Waals surface area contributed by atoms with Crippen LogP contribution < -0.4 is 5.73 Å². The molecule has 3 aromatic heterocycles. The maximum absolute atomic E-state index is 13.7. The number of nitrogens with two attached hydrogens (primary N) is 1. The first-order valence-corrected chi connectivity index (χ1v) is 11.5. The van der Waals surface area contributed by atoms with E-state index in [4.69, 9.17) is 5.73 Å². The number of fused-ring (bicyclic) bond motifs is 1. The molecule has 0 spiro atoms. The lowest BCUT2D eigenvalue weighted by molar-refractivity contribution is 0.0663. The maximum atomic E-state index is 13.7. The van der Waals surface area contributed by atoms with Gasteiger partial charge in [-0.25, -0.2) is 15.0 Å². The molecule has 1 aliphatic rings. The van der Waals surface area contributed by atoms with Crippen LogP contribution in [0.4, 0.5) is 5.82 Å². The van der Waals surface area contributed by atoms with Crippen molar-refractivity contribution in [2.45, 2.75) is 38.3 Å². The van der Waals surface area contributed by atoms with Crippen LogP contribution in [-0.4, -0.2) is 36.0 Å². The van der Waals surface area contributed by atoms with Crippen LogP contribution >= 0.6 is 15.9 Å². The van der Waals surface area contributed by atoms with Gasteiger partial charge in [0.2, 0.25) is 0 Å². The fraction of sp³-hybridized carbons (Fsp3) is 0.250.